The number of primary amides is 1. The largest absolute Gasteiger partial charge is 0.366 e. The number of carbonyl (C=O) groups is 2. The van der Waals surface area contributed by atoms with Gasteiger partial charge in [0.25, 0.3) is 5.92 Å². The molecular formula is C14H17F2N3O2. The van der Waals surface area contributed by atoms with Gasteiger partial charge in [0.05, 0.1) is 12.6 Å². The third-order valence-corrected chi connectivity index (χ3v) is 3.35. The standard InChI is InChI=1S/C14H17F2N3O2/c15-14(16)7-11(19-8-14)13(21)18-5-4-9-2-1-3-10(6-9)12(17)20/h1-3,6,11,19H,4-5,7-8H2,(H2,17,20)(H,18,21). The van der Waals surface area contributed by atoms with Crippen LogP contribution >= 0.6 is 0 Å². The predicted octanol–water partition coefficient (Wildman–Crippen LogP) is 0.441. The third-order valence-electron chi connectivity index (χ3n) is 3.35. The van der Waals surface area contributed by atoms with E-state index in [0.717, 1.165) is 5.56 Å². The van der Waals surface area contributed by atoms with E-state index in [1.54, 1.807) is 24.3 Å². The maximum atomic E-state index is 13.0. The van der Waals surface area contributed by atoms with Crippen molar-refractivity contribution >= 4 is 11.8 Å². The van der Waals surface area contributed by atoms with Gasteiger partial charge in [0.1, 0.15) is 0 Å². The fourth-order valence-electron chi connectivity index (χ4n) is 2.23. The molecule has 1 saturated heterocycles. The molecule has 0 aromatic heterocycles. The summed E-state index contributed by atoms with van der Waals surface area (Å²) in [6.45, 7) is -0.156. The van der Waals surface area contributed by atoms with Gasteiger partial charge in [-0.1, -0.05) is 12.1 Å². The SMILES string of the molecule is NC(=O)c1cccc(CCNC(=O)C2CC(F)(F)CN2)c1. The Balaban J connectivity index is 1.80. The van der Waals surface area contributed by atoms with Gasteiger partial charge in [0.15, 0.2) is 0 Å². The Hall–Kier alpha value is -2.02. The van der Waals surface area contributed by atoms with Gasteiger partial charge < -0.3 is 11.1 Å². The second kappa shape index (κ2) is 6.17. The van der Waals surface area contributed by atoms with Crippen LogP contribution in [0.25, 0.3) is 0 Å². The lowest BCUT2D eigenvalue weighted by molar-refractivity contribution is -0.123. The summed E-state index contributed by atoms with van der Waals surface area (Å²) in [5.74, 6) is -3.77. The minimum Gasteiger partial charge on any atom is -0.366 e. The Morgan fingerprint density at radius 3 is 2.81 bits per heavy atom. The fraction of sp³-hybridized carbons (Fsp3) is 0.429. The lowest BCUT2D eigenvalue weighted by atomic mass is 10.1. The molecule has 2 amide bonds. The zero-order chi connectivity index (χ0) is 15.5. The minimum absolute atomic E-state index is 0.310. The van der Waals surface area contributed by atoms with Crippen LogP contribution in [0, 0.1) is 0 Å². The predicted molar refractivity (Wildman–Crippen MR) is 73.0 cm³/mol. The second-order valence-electron chi connectivity index (χ2n) is 5.10. The first-order valence-corrected chi connectivity index (χ1v) is 6.65. The van der Waals surface area contributed by atoms with Crippen molar-refractivity contribution in [3.05, 3.63) is 35.4 Å². The van der Waals surface area contributed by atoms with Crippen molar-refractivity contribution in [2.45, 2.75) is 24.8 Å². The van der Waals surface area contributed by atoms with Crippen LogP contribution < -0.4 is 16.4 Å². The lowest BCUT2D eigenvalue weighted by Gasteiger charge is -2.11. The van der Waals surface area contributed by atoms with Gasteiger partial charge in [0.2, 0.25) is 11.8 Å². The van der Waals surface area contributed by atoms with Crippen LogP contribution in [0.2, 0.25) is 0 Å². The van der Waals surface area contributed by atoms with E-state index in [0.29, 0.717) is 18.5 Å². The molecule has 1 aromatic rings. The zero-order valence-corrected chi connectivity index (χ0v) is 11.4. The van der Waals surface area contributed by atoms with Crippen molar-refractivity contribution in [3.8, 4) is 0 Å². The van der Waals surface area contributed by atoms with Crippen LogP contribution in [0.4, 0.5) is 8.78 Å². The van der Waals surface area contributed by atoms with E-state index < -0.39 is 36.7 Å². The molecule has 0 saturated carbocycles. The van der Waals surface area contributed by atoms with Crippen molar-refractivity contribution < 1.29 is 18.4 Å². The topological polar surface area (TPSA) is 84.2 Å². The van der Waals surface area contributed by atoms with E-state index in [9.17, 15) is 18.4 Å². The molecule has 0 bridgehead atoms. The molecule has 114 valence electrons. The summed E-state index contributed by atoms with van der Waals surface area (Å²) in [4.78, 5) is 22.8. The molecule has 1 aliphatic heterocycles. The number of carbonyl (C=O) groups excluding carboxylic acids is 2. The summed E-state index contributed by atoms with van der Waals surface area (Å²) < 4.78 is 26.0. The quantitative estimate of drug-likeness (QED) is 0.737. The Kier molecular flexibility index (Phi) is 4.52. The number of hydrogen-bond donors (Lipinski definition) is 3. The molecule has 1 fully saturated rings. The van der Waals surface area contributed by atoms with E-state index in [2.05, 4.69) is 10.6 Å². The summed E-state index contributed by atoms with van der Waals surface area (Å²) >= 11 is 0. The van der Waals surface area contributed by atoms with Crippen LogP contribution in [-0.2, 0) is 11.2 Å². The Labute approximate surface area is 120 Å². The summed E-state index contributed by atoms with van der Waals surface area (Å²) in [7, 11) is 0. The van der Waals surface area contributed by atoms with E-state index in [1.807, 2.05) is 0 Å². The Morgan fingerprint density at radius 2 is 2.19 bits per heavy atom. The van der Waals surface area contributed by atoms with Crippen LogP contribution in [-0.4, -0.2) is 36.9 Å². The van der Waals surface area contributed by atoms with Gasteiger partial charge in [-0.3, -0.25) is 14.9 Å². The van der Waals surface area contributed by atoms with Crippen LogP contribution in [0.3, 0.4) is 0 Å². The smallest absolute Gasteiger partial charge is 0.262 e. The van der Waals surface area contributed by atoms with Crippen molar-refractivity contribution in [1.82, 2.24) is 10.6 Å². The third kappa shape index (κ3) is 4.22. The average molecular weight is 297 g/mol. The molecule has 21 heavy (non-hydrogen) atoms. The fourth-order valence-corrected chi connectivity index (χ4v) is 2.23. The summed E-state index contributed by atoms with van der Waals surface area (Å²) in [6.07, 6.45) is 0.0198. The van der Waals surface area contributed by atoms with E-state index in [-0.39, 0.29) is 0 Å². The normalized spacial score (nSPS) is 20.2. The monoisotopic (exact) mass is 297 g/mol. The van der Waals surface area contributed by atoms with Crippen molar-refractivity contribution in [2.24, 2.45) is 5.73 Å². The number of alkyl halides is 2. The van der Waals surface area contributed by atoms with Crippen LogP contribution in [0.15, 0.2) is 24.3 Å². The highest BCUT2D eigenvalue weighted by Gasteiger charge is 2.42. The number of nitrogens with one attached hydrogen (secondary N) is 2. The van der Waals surface area contributed by atoms with Gasteiger partial charge in [0, 0.05) is 18.5 Å². The second-order valence-corrected chi connectivity index (χ2v) is 5.10. The Morgan fingerprint density at radius 1 is 1.43 bits per heavy atom. The molecule has 0 spiro atoms. The minimum atomic E-state index is -2.82. The number of halogens is 2. The molecule has 7 heteroatoms. The number of rotatable bonds is 5. The van der Waals surface area contributed by atoms with Crippen LogP contribution in [0.1, 0.15) is 22.3 Å². The van der Waals surface area contributed by atoms with Gasteiger partial charge >= 0.3 is 0 Å². The highest BCUT2D eigenvalue weighted by molar-refractivity contribution is 5.92. The molecule has 5 nitrogen and oxygen atoms in total. The van der Waals surface area contributed by atoms with Gasteiger partial charge in [-0.15, -0.1) is 0 Å². The van der Waals surface area contributed by atoms with Gasteiger partial charge in [-0.05, 0) is 24.1 Å². The first-order valence-electron chi connectivity index (χ1n) is 6.65. The van der Waals surface area contributed by atoms with Gasteiger partial charge in [-0.2, -0.15) is 0 Å². The maximum Gasteiger partial charge on any atom is 0.262 e. The lowest BCUT2D eigenvalue weighted by Crippen LogP contribution is -2.41. The molecule has 0 radical (unpaired) electrons. The molecule has 0 aliphatic carbocycles. The average Bonchev–Trinajstić information content (AvgIpc) is 2.79. The number of nitrogens with two attached hydrogens (primary N) is 1. The number of amides is 2. The summed E-state index contributed by atoms with van der Waals surface area (Å²) in [6, 6.07) is 5.92. The Bertz CT molecular complexity index is 549. The molecule has 1 aromatic carbocycles. The maximum absolute atomic E-state index is 13.0. The molecule has 2 rings (SSSR count). The van der Waals surface area contributed by atoms with E-state index in [4.69, 9.17) is 5.73 Å². The molecule has 1 heterocycles. The molecular weight excluding hydrogens is 280 g/mol. The number of hydrogen-bond acceptors (Lipinski definition) is 3. The number of benzene rings is 1. The summed E-state index contributed by atoms with van der Waals surface area (Å²) in [5, 5.41) is 5.10. The van der Waals surface area contributed by atoms with E-state index in [1.165, 1.54) is 0 Å². The van der Waals surface area contributed by atoms with Gasteiger partial charge in [-0.25, -0.2) is 8.78 Å². The highest BCUT2D eigenvalue weighted by Crippen LogP contribution is 2.24. The molecule has 1 atom stereocenters. The first kappa shape index (κ1) is 15.4. The highest BCUT2D eigenvalue weighted by atomic mass is 19.3. The van der Waals surface area contributed by atoms with Crippen molar-refractivity contribution in [3.63, 3.8) is 0 Å². The zero-order valence-electron chi connectivity index (χ0n) is 11.4. The summed E-state index contributed by atoms with van der Waals surface area (Å²) in [5.41, 5.74) is 6.42. The molecule has 4 N–H and O–H groups in total. The molecule has 1 aliphatic rings. The molecule has 1 unspecified atom stereocenters. The first-order chi connectivity index (χ1) is 9.87. The van der Waals surface area contributed by atoms with E-state index >= 15 is 0 Å². The van der Waals surface area contributed by atoms with Crippen molar-refractivity contribution in [1.29, 1.82) is 0 Å². The van der Waals surface area contributed by atoms with Crippen LogP contribution in [0.5, 0.6) is 0 Å². The van der Waals surface area contributed by atoms with Crippen molar-refractivity contribution in [2.75, 3.05) is 13.1 Å².